The van der Waals surface area contributed by atoms with E-state index in [1.807, 2.05) is 0 Å². The lowest BCUT2D eigenvalue weighted by molar-refractivity contribution is -0.143. The fraction of sp³-hybridized carbons (Fsp3) is 0.778. The van der Waals surface area contributed by atoms with Crippen molar-refractivity contribution in [3.8, 4) is 0 Å². The van der Waals surface area contributed by atoms with E-state index in [9.17, 15) is 9.59 Å². The van der Waals surface area contributed by atoms with E-state index in [-0.39, 0.29) is 19.0 Å². The van der Waals surface area contributed by atoms with Crippen LogP contribution in [0.5, 0.6) is 0 Å². The van der Waals surface area contributed by atoms with Gasteiger partial charge in [0, 0.05) is 25.9 Å². The molecule has 1 aliphatic heterocycles. The zero-order chi connectivity index (χ0) is 11.0. The van der Waals surface area contributed by atoms with Gasteiger partial charge < -0.3 is 15.2 Å². The van der Waals surface area contributed by atoms with Gasteiger partial charge in [-0.3, -0.25) is 9.59 Å². The van der Waals surface area contributed by atoms with E-state index in [4.69, 9.17) is 5.11 Å². The Morgan fingerprint density at radius 3 is 2.36 bits per heavy atom. The predicted molar refractivity (Wildman–Crippen MR) is 51.0 cm³/mol. The summed E-state index contributed by atoms with van der Waals surface area (Å²) < 4.78 is 4.49. The Balaban J connectivity index is 0.000000344. The van der Waals surface area contributed by atoms with E-state index in [0.717, 1.165) is 6.04 Å². The first-order chi connectivity index (χ1) is 6.52. The highest BCUT2D eigenvalue weighted by Gasteiger charge is 2.10. The number of nitrogens with one attached hydrogen (secondary N) is 1. The second-order valence-electron chi connectivity index (χ2n) is 3.15. The normalized spacial score (nSPS) is 17.7. The fourth-order valence-electron chi connectivity index (χ4n) is 0.557. The highest BCUT2D eigenvalue weighted by Crippen LogP contribution is 1.89. The highest BCUT2D eigenvalue weighted by molar-refractivity contribution is 5.67. The van der Waals surface area contributed by atoms with Crippen molar-refractivity contribution in [2.24, 2.45) is 0 Å². The van der Waals surface area contributed by atoms with Crippen molar-refractivity contribution >= 4 is 11.9 Å². The molecule has 0 aromatic heterocycles. The molecular formula is C9H17NO4. The van der Waals surface area contributed by atoms with Crippen molar-refractivity contribution in [3.63, 3.8) is 0 Å². The van der Waals surface area contributed by atoms with Crippen LogP contribution in [0.2, 0.25) is 0 Å². The van der Waals surface area contributed by atoms with E-state index >= 15 is 0 Å². The van der Waals surface area contributed by atoms with E-state index in [2.05, 4.69) is 17.0 Å². The molecule has 82 valence electrons. The number of carboxylic acids is 1. The molecule has 2 N–H and O–H groups in total. The molecule has 0 spiro atoms. The molecule has 1 aliphatic rings. The fourth-order valence-corrected chi connectivity index (χ4v) is 0.557. The van der Waals surface area contributed by atoms with Gasteiger partial charge in [0.05, 0.1) is 6.61 Å². The summed E-state index contributed by atoms with van der Waals surface area (Å²) in [5.74, 6) is -1.24. The molecule has 5 nitrogen and oxygen atoms in total. The molecule has 0 saturated carbocycles. The quantitative estimate of drug-likeness (QED) is 0.392. The second kappa shape index (κ2) is 7.32. The van der Waals surface area contributed by atoms with Gasteiger partial charge in [0.25, 0.3) is 0 Å². The van der Waals surface area contributed by atoms with Crippen molar-refractivity contribution in [3.05, 3.63) is 0 Å². The Kier molecular flexibility index (Phi) is 6.74. The minimum absolute atomic E-state index is 0.0489. The van der Waals surface area contributed by atoms with Crippen LogP contribution < -0.4 is 5.32 Å². The molecule has 0 bridgehead atoms. The van der Waals surface area contributed by atoms with E-state index < -0.39 is 5.97 Å². The van der Waals surface area contributed by atoms with Crippen molar-refractivity contribution in [2.45, 2.75) is 32.7 Å². The van der Waals surface area contributed by atoms with Crippen LogP contribution in [0.1, 0.15) is 26.7 Å². The summed E-state index contributed by atoms with van der Waals surface area (Å²) in [5, 5.41) is 11.2. The second-order valence-corrected chi connectivity index (χ2v) is 3.15. The number of carboxylic acid groups (broad SMARTS) is 1. The first-order valence-electron chi connectivity index (χ1n) is 4.61. The maximum atomic E-state index is 10.1. The molecule has 0 amide bonds. The number of ether oxygens (including phenoxy) is 1. The van der Waals surface area contributed by atoms with Gasteiger partial charge in [-0.1, -0.05) is 0 Å². The molecule has 0 aromatic carbocycles. The predicted octanol–water partition coefficient (Wildman–Crippen LogP) is 0.392. The van der Waals surface area contributed by atoms with Crippen LogP contribution in [0.15, 0.2) is 0 Å². The van der Waals surface area contributed by atoms with Crippen LogP contribution in [0.25, 0.3) is 0 Å². The molecule has 0 aliphatic carbocycles. The van der Waals surface area contributed by atoms with E-state index in [0.29, 0.717) is 6.42 Å². The van der Waals surface area contributed by atoms with Crippen molar-refractivity contribution in [1.82, 2.24) is 5.32 Å². The van der Waals surface area contributed by atoms with Crippen molar-refractivity contribution < 1.29 is 19.4 Å². The van der Waals surface area contributed by atoms with Crippen LogP contribution in [0, 0.1) is 0 Å². The van der Waals surface area contributed by atoms with Crippen LogP contribution in [-0.4, -0.2) is 36.2 Å². The summed E-state index contributed by atoms with van der Waals surface area (Å²) in [4.78, 5) is 20.0. The third-order valence-electron chi connectivity index (χ3n) is 1.45. The zero-order valence-corrected chi connectivity index (χ0v) is 8.58. The number of aliphatic carboxylic acids is 1. The first kappa shape index (κ1) is 12.9. The molecule has 1 rings (SSSR count). The summed E-state index contributed by atoms with van der Waals surface area (Å²) >= 11 is 0. The lowest BCUT2D eigenvalue weighted by Crippen LogP contribution is -2.03. The number of carbonyl (C=O) groups is 2. The van der Waals surface area contributed by atoms with Gasteiger partial charge in [0.2, 0.25) is 0 Å². The SMILES string of the molecule is CC(=O)OCCCC(=O)O.CC1CN1. The molecular weight excluding hydrogens is 186 g/mol. The van der Waals surface area contributed by atoms with Gasteiger partial charge in [0.1, 0.15) is 0 Å². The smallest absolute Gasteiger partial charge is 0.303 e. The van der Waals surface area contributed by atoms with E-state index in [1.54, 1.807) is 0 Å². The van der Waals surface area contributed by atoms with Crippen LogP contribution in [-0.2, 0) is 14.3 Å². The number of esters is 1. The van der Waals surface area contributed by atoms with Crippen molar-refractivity contribution in [2.75, 3.05) is 13.2 Å². The molecule has 1 saturated heterocycles. The lowest BCUT2D eigenvalue weighted by Gasteiger charge is -1.97. The van der Waals surface area contributed by atoms with Crippen molar-refractivity contribution in [1.29, 1.82) is 0 Å². The van der Waals surface area contributed by atoms with Gasteiger partial charge in [-0.25, -0.2) is 0 Å². The monoisotopic (exact) mass is 203 g/mol. The summed E-state index contributed by atoms with van der Waals surface area (Å²) in [6.45, 7) is 4.89. The van der Waals surface area contributed by atoms with Gasteiger partial charge in [-0.2, -0.15) is 0 Å². The molecule has 0 aromatic rings. The van der Waals surface area contributed by atoms with Crippen LogP contribution in [0.3, 0.4) is 0 Å². The van der Waals surface area contributed by atoms with Gasteiger partial charge >= 0.3 is 11.9 Å². The molecule has 5 heteroatoms. The average Bonchev–Trinajstić information content (AvgIpc) is 2.82. The molecule has 0 radical (unpaired) electrons. The van der Waals surface area contributed by atoms with Gasteiger partial charge in [-0.05, 0) is 13.3 Å². The third-order valence-corrected chi connectivity index (χ3v) is 1.45. The third kappa shape index (κ3) is 13.5. The Hall–Kier alpha value is -1.10. The van der Waals surface area contributed by atoms with Gasteiger partial charge in [0.15, 0.2) is 0 Å². The average molecular weight is 203 g/mol. The summed E-state index contributed by atoms with van der Waals surface area (Å²) in [6.07, 6.45) is 0.433. The molecule has 1 heterocycles. The minimum atomic E-state index is -0.868. The summed E-state index contributed by atoms with van der Waals surface area (Å²) in [6, 6.07) is 0.833. The maximum Gasteiger partial charge on any atom is 0.303 e. The maximum absolute atomic E-state index is 10.1. The van der Waals surface area contributed by atoms with Crippen LogP contribution >= 0.6 is 0 Å². The Bertz CT molecular complexity index is 173. The lowest BCUT2D eigenvalue weighted by atomic mass is 10.3. The number of hydrogen-bond donors (Lipinski definition) is 2. The Morgan fingerprint density at radius 1 is 1.57 bits per heavy atom. The largest absolute Gasteiger partial charge is 0.481 e. The molecule has 1 unspecified atom stereocenters. The number of hydrogen-bond acceptors (Lipinski definition) is 4. The minimum Gasteiger partial charge on any atom is -0.481 e. The Morgan fingerprint density at radius 2 is 2.07 bits per heavy atom. The number of rotatable bonds is 4. The highest BCUT2D eigenvalue weighted by atomic mass is 16.5. The summed E-state index contributed by atoms with van der Waals surface area (Å²) in [7, 11) is 0. The standard InChI is InChI=1S/C6H10O4.C3H7N/c1-5(7)10-4-2-3-6(8)9;1-3-2-4-3/h2-4H2,1H3,(H,8,9);3-4H,2H2,1H3. The molecule has 1 fully saturated rings. The van der Waals surface area contributed by atoms with Crippen LogP contribution in [0.4, 0.5) is 0 Å². The molecule has 14 heavy (non-hydrogen) atoms. The Labute approximate surface area is 83.4 Å². The van der Waals surface area contributed by atoms with Gasteiger partial charge in [-0.15, -0.1) is 0 Å². The topological polar surface area (TPSA) is 85.5 Å². The van der Waals surface area contributed by atoms with E-state index in [1.165, 1.54) is 13.5 Å². The number of carbonyl (C=O) groups excluding carboxylic acids is 1. The molecule has 1 atom stereocenters. The zero-order valence-electron chi connectivity index (χ0n) is 8.58. The summed E-state index contributed by atoms with van der Waals surface area (Å²) in [5.41, 5.74) is 0. The first-order valence-corrected chi connectivity index (χ1v) is 4.61.